The van der Waals surface area contributed by atoms with Gasteiger partial charge in [0.1, 0.15) is 22.7 Å². The van der Waals surface area contributed by atoms with Crippen molar-refractivity contribution in [3.05, 3.63) is 212 Å². The molecule has 0 unspecified atom stereocenters. The standard InChI is InChI=1S/C54H35NO2/c1-2-10-36(11-3-1)38-22-27-42(28-23-38)55(44-31-32-45-46-12-4-7-15-51(46)56-52-16-8-5-13-47(52)49(45)35-44)43-29-24-39(25-30-43)37-18-20-40(21-19-37)41-26-33-54-50(34-41)48-14-6-9-17-53(48)57-54/h1-35H. The van der Waals surface area contributed by atoms with Crippen molar-refractivity contribution in [2.45, 2.75) is 0 Å². The van der Waals surface area contributed by atoms with Gasteiger partial charge in [0.2, 0.25) is 0 Å². The van der Waals surface area contributed by atoms with Crippen molar-refractivity contribution in [3.63, 3.8) is 0 Å². The highest BCUT2D eigenvalue weighted by molar-refractivity contribution is 6.06. The molecule has 0 N–H and O–H groups in total. The van der Waals surface area contributed by atoms with Gasteiger partial charge in [0, 0.05) is 39.0 Å². The molecule has 1 aliphatic heterocycles. The molecule has 3 nitrogen and oxygen atoms in total. The van der Waals surface area contributed by atoms with Crippen molar-refractivity contribution < 1.29 is 9.15 Å². The molecular weight excluding hydrogens is 695 g/mol. The fourth-order valence-corrected chi connectivity index (χ4v) is 8.25. The zero-order chi connectivity index (χ0) is 37.7. The van der Waals surface area contributed by atoms with Gasteiger partial charge in [0.15, 0.2) is 0 Å². The van der Waals surface area contributed by atoms with Crippen LogP contribution >= 0.6 is 0 Å². The molecule has 1 aliphatic rings. The first-order chi connectivity index (χ1) is 28.2. The van der Waals surface area contributed by atoms with E-state index in [9.17, 15) is 0 Å². The van der Waals surface area contributed by atoms with Crippen LogP contribution in [-0.2, 0) is 0 Å². The van der Waals surface area contributed by atoms with Gasteiger partial charge in [-0.15, -0.1) is 0 Å². The number of anilines is 3. The third-order valence-electron chi connectivity index (χ3n) is 11.1. The maximum atomic E-state index is 6.51. The minimum absolute atomic E-state index is 0.852. The number of hydrogen-bond donors (Lipinski definition) is 0. The summed E-state index contributed by atoms with van der Waals surface area (Å²) in [6, 6.07) is 75.2. The molecular formula is C54H35NO2. The number of furan rings is 1. The van der Waals surface area contributed by atoms with Gasteiger partial charge in [0.25, 0.3) is 0 Å². The van der Waals surface area contributed by atoms with E-state index in [-0.39, 0.29) is 0 Å². The van der Waals surface area contributed by atoms with Gasteiger partial charge >= 0.3 is 0 Å². The summed E-state index contributed by atoms with van der Waals surface area (Å²) in [6.07, 6.45) is 0. The number of hydrogen-bond acceptors (Lipinski definition) is 3. The molecule has 11 rings (SSSR count). The van der Waals surface area contributed by atoms with Crippen LogP contribution in [0.2, 0.25) is 0 Å². The zero-order valence-electron chi connectivity index (χ0n) is 31.0. The molecule has 0 bridgehead atoms. The Morgan fingerprint density at radius 3 is 1.42 bits per heavy atom. The number of nitrogens with zero attached hydrogens (tertiary/aromatic N) is 1. The van der Waals surface area contributed by atoms with Crippen molar-refractivity contribution in [3.8, 4) is 67.1 Å². The zero-order valence-corrected chi connectivity index (χ0v) is 31.0. The maximum Gasteiger partial charge on any atom is 0.135 e. The second kappa shape index (κ2) is 13.6. The fourth-order valence-electron chi connectivity index (χ4n) is 8.25. The van der Waals surface area contributed by atoms with Crippen molar-refractivity contribution in [1.82, 2.24) is 0 Å². The Labute approximate surface area is 331 Å². The maximum absolute atomic E-state index is 6.51. The SMILES string of the molecule is c1ccc(-c2ccc(N(c3ccc(-c4ccc(-c5ccc6oc7ccccc7c6c5)cc4)cc3)c3ccc4c(c3)-c3ccccc3Oc3ccccc3-4)cc2)cc1. The summed E-state index contributed by atoms with van der Waals surface area (Å²) in [7, 11) is 0. The molecule has 9 aromatic carbocycles. The Morgan fingerprint density at radius 1 is 0.281 bits per heavy atom. The predicted octanol–water partition coefficient (Wildman–Crippen LogP) is 15.5. The van der Waals surface area contributed by atoms with Gasteiger partial charge in [0.05, 0.1) is 0 Å². The average Bonchev–Trinajstić information content (AvgIpc) is 3.59. The molecule has 1 aromatic heterocycles. The van der Waals surface area contributed by atoms with Gasteiger partial charge in [-0.2, -0.15) is 0 Å². The van der Waals surface area contributed by atoms with Gasteiger partial charge in [-0.3, -0.25) is 0 Å². The summed E-state index contributed by atoms with van der Waals surface area (Å²) >= 11 is 0. The summed E-state index contributed by atoms with van der Waals surface area (Å²) in [5.74, 6) is 1.71. The molecule has 0 amide bonds. The van der Waals surface area contributed by atoms with Crippen LogP contribution in [0.1, 0.15) is 0 Å². The van der Waals surface area contributed by atoms with Crippen LogP contribution in [-0.4, -0.2) is 0 Å². The third kappa shape index (κ3) is 5.85. The van der Waals surface area contributed by atoms with Gasteiger partial charge in [-0.25, -0.2) is 0 Å². The second-order valence-corrected chi connectivity index (χ2v) is 14.5. The molecule has 0 spiro atoms. The molecule has 57 heavy (non-hydrogen) atoms. The lowest BCUT2D eigenvalue weighted by Crippen LogP contribution is -2.10. The van der Waals surface area contributed by atoms with Gasteiger partial charge in [-0.05, 0) is 111 Å². The average molecular weight is 730 g/mol. The second-order valence-electron chi connectivity index (χ2n) is 14.5. The van der Waals surface area contributed by atoms with E-state index in [2.05, 4.69) is 187 Å². The van der Waals surface area contributed by atoms with Crippen LogP contribution in [0.15, 0.2) is 217 Å². The van der Waals surface area contributed by atoms with Gasteiger partial charge < -0.3 is 14.1 Å². The summed E-state index contributed by atoms with van der Waals surface area (Å²) in [6.45, 7) is 0. The van der Waals surface area contributed by atoms with Crippen LogP contribution in [0, 0.1) is 0 Å². The largest absolute Gasteiger partial charge is 0.456 e. The summed E-state index contributed by atoms with van der Waals surface area (Å²) < 4.78 is 12.6. The van der Waals surface area contributed by atoms with E-state index in [1.54, 1.807) is 0 Å². The summed E-state index contributed by atoms with van der Waals surface area (Å²) in [5.41, 5.74) is 16.5. The molecule has 0 saturated heterocycles. The van der Waals surface area contributed by atoms with E-state index in [1.165, 1.54) is 27.8 Å². The number of para-hydroxylation sites is 3. The fraction of sp³-hybridized carbons (Fsp3) is 0. The first kappa shape index (κ1) is 32.8. The molecule has 0 radical (unpaired) electrons. The minimum atomic E-state index is 0.852. The Hall–Kier alpha value is -7.62. The third-order valence-corrected chi connectivity index (χ3v) is 11.1. The molecule has 0 fully saturated rings. The Bertz CT molecular complexity index is 3070. The molecule has 268 valence electrons. The predicted molar refractivity (Wildman–Crippen MR) is 236 cm³/mol. The minimum Gasteiger partial charge on any atom is -0.456 e. The first-order valence-corrected chi connectivity index (χ1v) is 19.3. The van der Waals surface area contributed by atoms with E-state index in [0.29, 0.717) is 0 Å². The molecule has 0 atom stereocenters. The normalized spacial score (nSPS) is 11.6. The number of rotatable bonds is 6. The first-order valence-electron chi connectivity index (χ1n) is 19.3. The van der Waals surface area contributed by atoms with Crippen molar-refractivity contribution in [2.24, 2.45) is 0 Å². The van der Waals surface area contributed by atoms with Crippen LogP contribution in [0.4, 0.5) is 17.1 Å². The van der Waals surface area contributed by atoms with E-state index < -0.39 is 0 Å². The Morgan fingerprint density at radius 2 is 0.754 bits per heavy atom. The highest BCUT2D eigenvalue weighted by Crippen LogP contribution is 2.49. The lowest BCUT2D eigenvalue weighted by molar-refractivity contribution is 0.488. The van der Waals surface area contributed by atoms with Crippen LogP contribution in [0.5, 0.6) is 11.5 Å². The van der Waals surface area contributed by atoms with E-state index in [0.717, 1.165) is 78.3 Å². The molecule has 0 saturated carbocycles. The van der Waals surface area contributed by atoms with E-state index >= 15 is 0 Å². The highest BCUT2D eigenvalue weighted by Gasteiger charge is 2.23. The van der Waals surface area contributed by atoms with Crippen LogP contribution < -0.4 is 9.64 Å². The molecule has 10 aromatic rings. The van der Waals surface area contributed by atoms with Crippen LogP contribution in [0.25, 0.3) is 77.6 Å². The number of benzene rings is 9. The smallest absolute Gasteiger partial charge is 0.135 e. The molecule has 2 heterocycles. The monoisotopic (exact) mass is 729 g/mol. The van der Waals surface area contributed by atoms with Crippen molar-refractivity contribution in [1.29, 1.82) is 0 Å². The van der Waals surface area contributed by atoms with Crippen LogP contribution in [0.3, 0.4) is 0 Å². The van der Waals surface area contributed by atoms with E-state index in [1.807, 2.05) is 30.3 Å². The highest BCUT2D eigenvalue weighted by atomic mass is 16.5. The lowest BCUT2D eigenvalue weighted by Gasteiger charge is -2.27. The van der Waals surface area contributed by atoms with E-state index in [4.69, 9.17) is 9.15 Å². The molecule has 3 heteroatoms. The molecule has 0 aliphatic carbocycles. The number of fused-ring (bicyclic) bond motifs is 8. The van der Waals surface area contributed by atoms with Crippen molar-refractivity contribution in [2.75, 3.05) is 4.90 Å². The van der Waals surface area contributed by atoms with Gasteiger partial charge in [-0.1, -0.05) is 146 Å². The summed E-state index contributed by atoms with van der Waals surface area (Å²) in [4.78, 5) is 2.35. The lowest BCUT2D eigenvalue weighted by atomic mass is 9.93. The Kier molecular flexibility index (Phi) is 7.82. The van der Waals surface area contributed by atoms with Crippen molar-refractivity contribution >= 4 is 39.0 Å². The topological polar surface area (TPSA) is 25.6 Å². The Balaban J connectivity index is 0.971. The number of ether oxygens (including phenoxy) is 1. The quantitative estimate of drug-likeness (QED) is 0.170. The summed E-state index contributed by atoms with van der Waals surface area (Å²) in [5, 5.41) is 2.28.